The van der Waals surface area contributed by atoms with Gasteiger partial charge >= 0.3 is 0 Å². The minimum absolute atomic E-state index is 0.0490. The molecule has 1 N–H and O–H groups in total. The minimum atomic E-state index is -2.81. The zero-order chi connectivity index (χ0) is 22.8. The van der Waals surface area contributed by atoms with Crippen molar-refractivity contribution in [2.45, 2.75) is 6.43 Å². The molecule has 4 aromatic rings. The normalized spacial score (nSPS) is 14.1. The lowest BCUT2D eigenvalue weighted by molar-refractivity contribution is 0.122. The number of morpholine rings is 1. The Morgan fingerprint density at radius 1 is 0.939 bits per heavy atom. The standard InChI is InChI=1S/C22H21F2N7O2/c1-32-17-9-5-3-7-15(17)26-20-27-21(30-10-12-33-13-11-30)29-22(28-20)31-16-8-4-2-6-14(16)25-19(31)18(23)24/h2-9,18H,10-13H2,1H3,(H,26,27,28,29). The van der Waals surface area contributed by atoms with Crippen LogP contribution in [0.2, 0.25) is 0 Å². The van der Waals surface area contributed by atoms with Crippen LogP contribution in [0.25, 0.3) is 17.0 Å². The van der Waals surface area contributed by atoms with E-state index in [-0.39, 0.29) is 11.9 Å². The van der Waals surface area contributed by atoms with Gasteiger partial charge in [0.05, 0.1) is 37.0 Å². The summed E-state index contributed by atoms with van der Waals surface area (Å²) in [5.41, 5.74) is 1.55. The SMILES string of the molecule is COc1ccccc1Nc1nc(N2CCOCC2)nc(-n2c(C(F)F)nc3ccccc32)n1. The van der Waals surface area contributed by atoms with Gasteiger partial charge in [0, 0.05) is 13.1 Å². The van der Waals surface area contributed by atoms with Gasteiger partial charge < -0.3 is 19.7 Å². The fourth-order valence-electron chi connectivity index (χ4n) is 3.68. The van der Waals surface area contributed by atoms with Crippen LogP contribution in [0, 0.1) is 0 Å². The van der Waals surface area contributed by atoms with E-state index in [0.29, 0.717) is 54.7 Å². The van der Waals surface area contributed by atoms with E-state index in [9.17, 15) is 8.78 Å². The highest BCUT2D eigenvalue weighted by molar-refractivity contribution is 5.77. The van der Waals surface area contributed by atoms with E-state index < -0.39 is 12.2 Å². The number of benzene rings is 2. The number of halogens is 2. The first-order valence-corrected chi connectivity index (χ1v) is 10.4. The molecule has 1 fully saturated rings. The lowest BCUT2D eigenvalue weighted by Crippen LogP contribution is -2.37. The fourth-order valence-corrected chi connectivity index (χ4v) is 3.68. The molecule has 0 spiro atoms. The van der Waals surface area contributed by atoms with Crippen molar-refractivity contribution in [3.63, 3.8) is 0 Å². The van der Waals surface area contributed by atoms with E-state index in [4.69, 9.17) is 9.47 Å². The molecular formula is C22H21F2N7O2. The predicted octanol–water partition coefficient (Wildman–Crippen LogP) is 3.74. The molecule has 0 saturated carbocycles. The van der Waals surface area contributed by atoms with Gasteiger partial charge in [0.2, 0.25) is 17.8 Å². The summed E-state index contributed by atoms with van der Waals surface area (Å²) in [5.74, 6) is 0.767. The van der Waals surface area contributed by atoms with Crippen molar-refractivity contribution in [1.29, 1.82) is 0 Å². The Bertz CT molecular complexity index is 1270. The van der Waals surface area contributed by atoms with Crippen molar-refractivity contribution >= 4 is 28.6 Å². The van der Waals surface area contributed by atoms with Gasteiger partial charge in [-0.3, -0.25) is 4.57 Å². The maximum Gasteiger partial charge on any atom is 0.296 e. The van der Waals surface area contributed by atoms with Crippen molar-refractivity contribution in [3.05, 3.63) is 54.4 Å². The average molecular weight is 453 g/mol. The quantitative estimate of drug-likeness (QED) is 0.472. The van der Waals surface area contributed by atoms with Crippen LogP contribution >= 0.6 is 0 Å². The number of ether oxygens (including phenoxy) is 2. The number of aromatic nitrogens is 5. The molecule has 5 rings (SSSR count). The number of anilines is 3. The zero-order valence-electron chi connectivity index (χ0n) is 17.8. The van der Waals surface area contributed by atoms with Crippen LogP contribution in [0.5, 0.6) is 5.75 Å². The van der Waals surface area contributed by atoms with Crippen molar-refractivity contribution in [3.8, 4) is 11.7 Å². The molecule has 11 heteroatoms. The highest BCUT2D eigenvalue weighted by Crippen LogP contribution is 2.29. The third-order valence-corrected chi connectivity index (χ3v) is 5.24. The summed E-state index contributed by atoms with van der Waals surface area (Å²) in [6.45, 7) is 2.19. The summed E-state index contributed by atoms with van der Waals surface area (Å²) in [7, 11) is 1.56. The molecule has 0 unspecified atom stereocenters. The van der Waals surface area contributed by atoms with E-state index in [1.165, 1.54) is 4.57 Å². The second-order valence-corrected chi connectivity index (χ2v) is 7.28. The zero-order valence-corrected chi connectivity index (χ0v) is 17.8. The molecule has 0 aliphatic carbocycles. The lowest BCUT2D eigenvalue weighted by atomic mass is 10.3. The van der Waals surface area contributed by atoms with Gasteiger partial charge in [0.25, 0.3) is 6.43 Å². The number of hydrogen-bond acceptors (Lipinski definition) is 8. The summed E-state index contributed by atoms with van der Waals surface area (Å²) in [4.78, 5) is 19.6. The van der Waals surface area contributed by atoms with Gasteiger partial charge in [-0.05, 0) is 24.3 Å². The number of nitrogens with one attached hydrogen (secondary N) is 1. The van der Waals surface area contributed by atoms with E-state index in [0.717, 1.165) is 0 Å². The molecule has 3 heterocycles. The molecule has 0 amide bonds. The van der Waals surface area contributed by atoms with Crippen LogP contribution in [0.3, 0.4) is 0 Å². The number of alkyl halides is 2. The first kappa shape index (κ1) is 21.0. The van der Waals surface area contributed by atoms with E-state index in [2.05, 4.69) is 25.3 Å². The molecule has 1 aliphatic rings. The largest absolute Gasteiger partial charge is 0.495 e. The number of imidazole rings is 1. The van der Waals surface area contributed by atoms with Crippen molar-refractivity contribution in [2.24, 2.45) is 0 Å². The number of fused-ring (bicyclic) bond motifs is 1. The van der Waals surface area contributed by atoms with Gasteiger partial charge in [-0.15, -0.1) is 0 Å². The van der Waals surface area contributed by atoms with Gasteiger partial charge in [0.1, 0.15) is 5.75 Å². The lowest BCUT2D eigenvalue weighted by Gasteiger charge is -2.27. The molecule has 0 radical (unpaired) electrons. The van der Waals surface area contributed by atoms with E-state index in [1.54, 1.807) is 37.4 Å². The van der Waals surface area contributed by atoms with Gasteiger partial charge in [0.15, 0.2) is 5.82 Å². The molecule has 0 bridgehead atoms. The Morgan fingerprint density at radius 2 is 1.67 bits per heavy atom. The molecule has 2 aromatic carbocycles. The van der Waals surface area contributed by atoms with Crippen LogP contribution in [0.4, 0.5) is 26.4 Å². The second-order valence-electron chi connectivity index (χ2n) is 7.28. The highest BCUT2D eigenvalue weighted by atomic mass is 19.3. The number of nitrogens with zero attached hydrogens (tertiary/aromatic N) is 6. The fraction of sp³-hybridized carbons (Fsp3) is 0.273. The summed E-state index contributed by atoms with van der Waals surface area (Å²) in [6.07, 6.45) is -2.81. The Hall–Kier alpha value is -3.86. The number of hydrogen-bond donors (Lipinski definition) is 1. The summed E-state index contributed by atoms with van der Waals surface area (Å²) < 4.78 is 40.0. The van der Waals surface area contributed by atoms with Gasteiger partial charge in [-0.2, -0.15) is 15.0 Å². The van der Waals surface area contributed by atoms with Crippen LogP contribution in [-0.2, 0) is 4.74 Å². The second kappa shape index (κ2) is 8.94. The molecule has 1 aliphatic heterocycles. The van der Waals surface area contributed by atoms with E-state index >= 15 is 0 Å². The minimum Gasteiger partial charge on any atom is -0.495 e. The Balaban J connectivity index is 1.67. The third kappa shape index (κ3) is 4.14. The molecule has 33 heavy (non-hydrogen) atoms. The maximum atomic E-state index is 13.9. The Kier molecular flexibility index (Phi) is 5.69. The van der Waals surface area contributed by atoms with Gasteiger partial charge in [-0.25, -0.2) is 13.8 Å². The molecule has 170 valence electrons. The van der Waals surface area contributed by atoms with Crippen LogP contribution in [-0.4, -0.2) is 57.9 Å². The molecule has 1 saturated heterocycles. The van der Waals surface area contributed by atoms with Crippen molar-refractivity contribution in [1.82, 2.24) is 24.5 Å². The number of para-hydroxylation sites is 4. The van der Waals surface area contributed by atoms with E-state index in [1.807, 2.05) is 23.1 Å². The summed E-state index contributed by atoms with van der Waals surface area (Å²) in [5, 5.41) is 3.14. The summed E-state index contributed by atoms with van der Waals surface area (Å²) >= 11 is 0. The molecule has 9 nitrogen and oxygen atoms in total. The average Bonchev–Trinajstić information content (AvgIpc) is 3.25. The topological polar surface area (TPSA) is 90.2 Å². The monoisotopic (exact) mass is 453 g/mol. The number of methoxy groups -OCH3 is 1. The van der Waals surface area contributed by atoms with Crippen LogP contribution < -0.4 is 15.0 Å². The highest BCUT2D eigenvalue weighted by Gasteiger charge is 2.24. The van der Waals surface area contributed by atoms with Crippen molar-refractivity contribution in [2.75, 3.05) is 43.6 Å². The first-order chi connectivity index (χ1) is 16.1. The number of rotatable bonds is 6. The van der Waals surface area contributed by atoms with Crippen LogP contribution in [0.1, 0.15) is 12.2 Å². The smallest absolute Gasteiger partial charge is 0.296 e. The summed E-state index contributed by atoms with van der Waals surface area (Å²) in [6, 6.07) is 14.2. The molecular weight excluding hydrogens is 432 g/mol. The first-order valence-electron chi connectivity index (χ1n) is 10.4. The predicted molar refractivity (Wildman–Crippen MR) is 119 cm³/mol. The third-order valence-electron chi connectivity index (χ3n) is 5.24. The van der Waals surface area contributed by atoms with Crippen LogP contribution in [0.15, 0.2) is 48.5 Å². The van der Waals surface area contributed by atoms with Gasteiger partial charge in [-0.1, -0.05) is 24.3 Å². The Morgan fingerprint density at radius 3 is 2.45 bits per heavy atom. The van der Waals surface area contributed by atoms with Crippen molar-refractivity contribution < 1.29 is 18.3 Å². The maximum absolute atomic E-state index is 13.9. The Labute approximate surface area is 188 Å². The molecule has 0 atom stereocenters. The molecule has 2 aromatic heterocycles.